The van der Waals surface area contributed by atoms with Gasteiger partial charge in [0.25, 0.3) is 0 Å². The quantitative estimate of drug-likeness (QED) is 0.801. The lowest BCUT2D eigenvalue weighted by molar-refractivity contribution is -0.0979. The van der Waals surface area contributed by atoms with Crippen LogP contribution in [-0.2, 0) is 11.2 Å². The van der Waals surface area contributed by atoms with Gasteiger partial charge in [-0.15, -0.1) is 10.2 Å². The minimum absolute atomic E-state index is 0.941. The fourth-order valence-electron chi connectivity index (χ4n) is 1.11. The van der Waals surface area contributed by atoms with Crippen molar-refractivity contribution in [2.24, 2.45) is 0 Å². The predicted molar refractivity (Wildman–Crippen MR) is 64.4 cm³/mol. The molecule has 16 heavy (non-hydrogen) atoms. The summed E-state index contributed by atoms with van der Waals surface area (Å²) in [5.41, 5.74) is 2.07. The molecule has 0 atom stereocenters. The summed E-state index contributed by atoms with van der Waals surface area (Å²) >= 11 is 1.63. The first kappa shape index (κ1) is 12.4. The minimum Gasteiger partial charge on any atom is -0.307 e. The van der Waals surface area contributed by atoms with Gasteiger partial charge in [-0.2, -0.15) is 0 Å². The number of carbonyl (C=O) groups is 1. The van der Waals surface area contributed by atoms with Crippen molar-refractivity contribution in [3.8, 4) is 10.6 Å². The topological polar surface area (TPSA) is 55.7 Å². The van der Waals surface area contributed by atoms with Crippen molar-refractivity contribution in [1.82, 2.24) is 15.2 Å². The van der Waals surface area contributed by atoms with Crippen LogP contribution in [0, 0.1) is 6.92 Å². The van der Waals surface area contributed by atoms with E-state index in [0.717, 1.165) is 27.7 Å². The first-order chi connectivity index (χ1) is 7.79. The molecule has 4 nitrogen and oxygen atoms in total. The van der Waals surface area contributed by atoms with E-state index in [-0.39, 0.29) is 0 Å². The third-order valence-corrected chi connectivity index (χ3v) is 3.04. The van der Waals surface area contributed by atoms with Crippen LogP contribution in [0.4, 0.5) is 0 Å². The van der Waals surface area contributed by atoms with E-state index in [1.54, 1.807) is 11.3 Å². The molecule has 0 fully saturated rings. The van der Waals surface area contributed by atoms with E-state index < -0.39 is 0 Å². The number of aryl methyl sites for hydroxylation is 2. The molecule has 0 aromatic carbocycles. The molecule has 2 aromatic rings. The molecule has 0 spiro atoms. The molecule has 0 bridgehead atoms. The molecule has 84 valence electrons. The first-order valence-corrected chi connectivity index (χ1v) is 5.65. The number of rotatable bonds is 2. The zero-order valence-corrected chi connectivity index (χ0v) is 10.1. The number of hydrogen-bond donors (Lipinski definition) is 0. The Bertz CT molecular complexity index is 439. The van der Waals surface area contributed by atoms with Gasteiger partial charge >= 0.3 is 0 Å². The second-order valence-electron chi connectivity index (χ2n) is 3.04. The van der Waals surface area contributed by atoms with E-state index >= 15 is 0 Å². The molecule has 0 saturated carbocycles. The lowest BCUT2D eigenvalue weighted by Gasteiger charge is -1.94. The van der Waals surface area contributed by atoms with Gasteiger partial charge in [0, 0.05) is 17.5 Å². The summed E-state index contributed by atoms with van der Waals surface area (Å²) in [7, 11) is 0. The molecule has 5 heteroatoms. The molecule has 0 aliphatic rings. The van der Waals surface area contributed by atoms with E-state index in [0.29, 0.717) is 0 Å². The molecule has 0 radical (unpaired) electrons. The van der Waals surface area contributed by atoms with Crippen molar-refractivity contribution in [1.29, 1.82) is 0 Å². The Morgan fingerprint density at radius 1 is 1.31 bits per heavy atom. The summed E-state index contributed by atoms with van der Waals surface area (Å²) < 4.78 is 0. The van der Waals surface area contributed by atoms with Gasteiger partial charge in [-0.05, 0) is 25.5 Å². The van der Waals surface area contributed by atoms with E-state index in [1.807, 2.05) is 32.0 Å². The number of carbonyl (C=O) groups excluding carboxylic acids is 1. The number of pyridine rings is 1. The van der Waals surface area contributed by atoms with Crippen LogP contribution >= 0.6 is 11.3 Å². The number of hydrogen-bond acceptors (Lipinski definition) is 5. The van der Waals surface area contributed by atoms with Gasteiger partial charge in [-0.3, -0.25) is 4.98 Å². The molecule has 0 amide bonds. The van der Waals surface area contributed by atoms with Gasteiger partial charge < -0.3 is 4.79 Å². The predicted octanol–water partition coefficient (Wildman–Crippen LogP) is 2.29. The Morgan fingerprint density at radius 3 is 2.56 bits per heavy atom. The number of aromatic nitrogens is 3. The lowest BCUT2D eigenvalue weighted by Crippen LogP contribution is -1.81. The summed E-state index contributed by atoms with van der Waals surface area (Å²) in [6, 6.07) is 4.02. The third kappa shape index (κ3) is 2.93. The summed E-state index contributed by atoms with van der Waals surface area (Å²) in [6.07, 6.45) is 2.78. The van der Waals surface area contributed by atoms with Crippen molar-refractivity contribution in [3.05, 3.63) is 29.0 Å². The largest absolute Gasteiger partial charge is 0.307 e. The van der Waals surface area contributed by atoms with Crippen LogP contribution in [0.2, 0.25) is 0 Å². The highest BCUT2D eigenvalue weighted by Gasteiger charge is 2.04. The van der Waals surface area contributed by atoms with E-state index in [2.05, 4.69) is 22.1 Å². The fourth-order valence-corrected chi connectivity index (χ4v) is 1.88. The zero-order valence-electron chi connectivity index (χ0n) is 9.30. The van der Waals surface area contributed by atoms with Gasteiger partial charge in [0.05, 0.1) is 0 Å². The van der Waals surface area contributed by atoms with Crippen molar-refractivity contribution >= 4 is 18.1 Å². The van der Waals surface area contributed by atoms with Crippen molar-refractivity contribution < 1.29 is 4.79 Å². The Labute approximate surface area is 98.4 Å². The maximum Gasteiger partial charge on any atom is 0.149 e. The molecule has 0 aliphatic heterocycles. The molecule has 2 heterocycles. The average Bonchev–Trinajstić information content (AvgIpc) is 2.81. The summed E-state index contributed by atoms with van der Waals surface area (Å²) in [5.74, 6) is 0. The average molecular weight is 235 g/mol. The highest BCUT2D eigenvalue weighted by Crippen LogP contribution is 2.22. The van der Waals surface area contributed by atoms with E-state index in [1.165, 1.54) is 0 Å². The Morgan fingerprint density at radius 2 is 2.06 bits per heavy atom. The second-order valence-corrected chi connectivity index (χ2v) is 4.10. The van der Waals surface area contributed by atoms with Crippen LogP contribution in [0.3, 0.4) is 0 Å². The normalized spacial score (nSPS) is 9.38. The minimum atomic E-state index is 0.941. The van der Waals surface area contributed by atoms with Crippen LogP contribution in [-0.4, -0.2) is 22.0 Å². The Kier molecular flexibility index (Phi) is 4.72. The van der Waals surface area contributed by atoms with Gasteiger partial charge in [-0.1, -0.05) is 18.3 Å². The highest BCUT2D eigenvalue weighted by molar-refractivity contribution is 7.14. The van der Waals surface area contributed by atoms with Crippen molar-refractivity contribution in [2.45, 2.75) is 20.3 Å². The molecule has 0 unspecified atom stereocenters. The smallest absolute Gasteiger partial charge is 0.149 e. The Balaban J connectivity index is 0.000000606. The van der Waals surface area contributed by atoms with Crippen LogP contribution in [0.15, 0.2) is 18.3 Å². The molecule has 2 aromatic heterocycles. The number of nitrogens with zero attached hydrogens (tertiary/aromatic N) is 3. The summed E-state index contributed by atoms with van der Waals surface area (Å²) in [4.78, 5) is 12.2. The molecule has 0 saturated heterocycles. The maximum atomic E-state index is 8.00. The summed E-state index contributed by atoms with van der Waals surface area (Å²) in [5, 5.41) is 10.2. The first-order valence-electron chi connectivity index (χ1n) is 4.84. The van der Waals surface area contributed by atoms with E-state index in [9.17, 15) is 0 Å². The fraction of sp³-hybridized carbons (Fsp3) is 0.273. The maximum absolute atomic E-state index is 8.00. The van der Waals surface area contributed by atoms with Crippen LogP contribution < -0.4 is 0 Å². The van der Waals surface area contributed by atoms with Crippen LogP contribution in [0.1, 0.15) is 17.6 Å². The zero-order chi connectivity index (χ0) is 12.0. The molecular formula is C11H13N3OS. The highest BCUT2D eigenvalue weighted by atomic mass is 32.1. The monoisotopic (exact) mass is 235 g/mol. The van der Waals surface area contributed by atoms with Gasteiger partial charge in [0.2, 0.25) is 0 Å². The van der Waals surface area contributed by atoms with Gasteiger partial charge in [0.15, 0.2) is 0 Å². The molecule has 0 aliphatic carbocycles. The van der Waals surface area contributed by atoms with Gasteiger partial charge in [0.1, 0.15) is 16.8 Å². The van der Waals surface area contributed by atoms with Crippen LogP contribution in [0.25, 0.3) is 10.6 Å². The third-order valence-electron chi connectivity index (χ3n) is 1.93. The standard InChI is InChI=1S/C10H11N3S.CH2O/c1-3-9-12-13-10(14-9)8-5-4-7(2)11-6-8;1-2/h4-6H,3H2,1-2H3;1H2. The summed E-state index contributed by atoms with van der Waals surface area (Å²) in [6.45, 7) is 6.05. The van der Waals surface area contributed by atoms with E-state index in [4.69, 9.17) is 4.79 Å². The molecule has 0 N–H and O–H groups in total. The molecular weight excluding hydrogens is 222 g/mol. The van der Waals surface area contributed by atoms with Crippen molar-refractivity contribution in [3.63, 3.8) is 0 Å². The van der Waals surface area contributed by atoms with Gasteiger partial charge in [-0.25, -0.2) is 0 Å². The SMILES string of the molecule is C=O.CCc1nnc(-c2ccc(C)nc2)s1. The van der Waals surface area contributed by atoms with Crippen molar-refractivity contribution in [2.75, 3.05) is 0 Å². The Hall–Kier alpha value is -1.62. The van der Waals surface area contributed by atoms with Crippen LogP contribution in [0.5, 0.6) is 0 Å². The second kappa shape index (κ2) is 6.07. The lowest BCUT2D eigenvalue weighted by atomic mass is 10.3. The molecule has 2 rings (SSSR count).